The number of hydrogen-bond acceptors (Lipinski definition) is 3. The van der Waals surface area contributed by atoms with Crippen molar-refractivity contribution in [3.63, 3.8) is 0 Å². The highest BCUT2D eigenvalue weighted by atomic mass is 16.2. The molecule has 4 N–H and O–H groups in total. The average molecular weight is 219 g/mol. The lowest BCUT2D eigenvalue weighted by Crippen LogP contribution is -2.32. The summed E-state index contributed by atoms with van der Waals surface area (Å²) >= 11 is 0. The second-order valence-corrected chi connectivity index (χ2v) is 3.83. The minimum absolute atomic E-state index is 0.105. The molecule has 0 radical (unpaired) electrons. The molecule has 1 atom stereocenters. The Morgan fingerprint density at radius 3 is 3.00 bits per heavy atom. The smallest absolute Gasteiger partial charge is 0.251 e. The molecule has 0 aromatic heterocycles. The van der Waals surface area contributed by atoms with Crippen molar-refractivity contribution in [1.82, 2.24) is 5.32 Å². The second-order valence-electron chi connectivity index (χ2n) is 3.83. The van der Waals surface area contributed by atoms with Crippen molar-refractivity contribution in [1.29, 1.82) is 0 Å². The molecule has 0 bridgehead atoms. The first kappa shape index (κ1) is 10.6. The lowest BCUT2D eigenvalue weighted by Gasteiger charge is -2.08. The average Bonchev–Trinajstić information content (AvgIpc) is 2.60. The van der Waals surface area contributed by atoms with Crippen LogP contribution in [-0.2, 0) is 11.3 Å². The molecule has 0 saturated heterocycles. The van der Waals surface area contributed by atoms with E-state index in [4.69, 9.17) is 5.73 Å². The number of benzene rings is 1. The van der Waals surface area contributed by atoms with Gasteiger partial charge in [0.1, 0.15) is 0 Å². The van der Waals surface area contributed by atoms with E-state index in [1.165, 1.54) is 0 Å². The van der Waals surface area contributed by atoms with E-state index in [0.717, 1.165) is 5.56 Å². The van der Waals surface area contributed by atoms with Gasteiger partial charge in [-0.3, -0.25) is 9.59 Å². The van der Waals surface area contributed by atoms with Crippen LogP contribution in [0, 0.1) is 0 Å². The molecule has 1 aliphatic rings. The van der Waals surface area contributed by atoms with Crippen molar-refractivity contribution in [2.45, 2.75) is 19.5 Å². The van der Waals surface area contributed by atoms with Gasteiger partial charge in [-0.05, 0) is 24.6 Å². The molecule has 0 aliphatic carbocycles. The maximum Gasteiger partial charge on any atom is 0.251 e. The number of amides is 2. The third-order valence-electron chi connectivity index (χ3n) is 2.47. The van der Waals surface area contributed by atoms with Gasteiger partial charge in [-0.2, -0.15) is 0 Å². The lowest BCUT2D eigenvalue weighted by atomic mass is 10.1. The minimum atomic E-state index is -0.568. The monoisotopic (exact) mass is 219 g/mol. The molecular formula is C11H13N3O2. The van der Waals surface area contributed by atoms with Crippen LogP contribution in [-0.4, -0.2) is 17.9 Å². The molecule has 5 nitrogen and oxygen atoms in total. The molecule has 2 rings (SSSR count). The summed E-state index contributed by atoms with van der Waals surface area (Å²) in [5.74, 6) is -0.370. The Labute approximate surface area is 93.0 Å². The summed E-state index contributed by atoms with van der Waals surface area (Å²) in [5, 5.41) is 5.36. The Balaban J connectivity index is 2.22. The second kappa shape index (κ2) is 3.94. The maximum atomic E-state index is 11.4. The standard InChI is InChI=1S/C11H13N3O2/c1-6(12)10(15)14-8-3-2-7-5-13-11(16)9(7)4-8/h2-4,6H,5,12H2,1H3,(H,13,16)(H,14,15). The summed E-state index contributed by atoms with van der Waals surface area (Å²) in [6, 6.07) is 4.68. The van der Waals surface area contributed by atoms with Gasteiger partial charge in [-0.15, -0.1) is 0 Å². The normalized spacial score (nSPS) is 15.2. The fraction of sp³-hybridized carbons (Fsp3) is 0.273. The van der Waals surface area contributed by atoms with Crippen molar-refractivity contribution in [3.05, 3.63) is 29.3 Å². The van der Waals surface area contributed by atoms with Crippen LogP contribution in [0.4, 0.5) is 5.69 Å². The number of rotatable bonds is 2. The van der Waals surface area contributed by atoms with E-state index in [2.05, 4.69) is 10.6 Å². The van der Waals surface area contributed by atoms with E-state index in [1.54, 1.807) is 19.1 Å². The Hall–Kier alpha value is -1.88. The van der Waals surface area contributed by atoms with Gasteiger partial charge in [0.05, 0.1) is 6.04 Å². The van der Waals surface area contributed by atoms with Gasteiger partial charge < -0.3 is 16.4 Å². The van der Waals surface area contributed by atoms with Gasteiger partial charge in [0.2, 0.25) is 5.91 Å². The van der Waals surface area contributed by atoms with Gasteiger partial charge in [0.25, 0.3) is 5.91 Å². The van der Waals surface area contributed by atoms with E-state index < -0.39 is 6.04 Å². The van der Waals surface area contributed by atoms with E-state index in [0.29, 0.717) is 17.8 Å². The number of anilines is 1. The van der Waals surface area contributed by atoms with Crippen molar-refractivity contribution in [2.75, 3.05) is 5.32 Å². The molecule has 5 heteroatoms. The molecule has 1 unspecified atom stereocenters. The predicted molar refractivity (Wildman–Crippen MR) is 59.9 cm³/mol. The highest BCUT2D eigenvalue weighted by molar-refractivity contribution is 6.01. The van der Waals surface area contributed by atoms with Crippen molar-refractivity contribution in [3.8, 4) is 0 Å². The highest BCUT2D eigenvalue weighted by Crippen LogP contribution is 2.20. The Bertz CT molecular complexity index is 455. The summed E-state index contributed by atoms with van der Waals surface area (Å²) in [7, 11) is 0. The zero-order valence-corrected chi connectivity index (χ0v) is 8.91. The number of carbonyl (C=O) groups excluding carboxylic acids is 2. The van der Waals surface area contributed by atoms with Gasteiger partial charge in [0, 0.05) is 17.8 Å². The van der Waals surface area contributed by atoms with E-state index in [9.17, 15) is 9.59 Å². The summed E-state index contributed by atoms with van der Waals surface area (Å²) in [5.41, 5.74) is 7.59. The first-order valence-electron chi connectivity index (χ1n) is 5.05. The summed E-state index contributed by atoms with van der Waals surface area (Å²) in [6.07, 6.45) is 0. The van der Waals surface area contributed by atoms with E-state index in [1.807, 2.05) is 6.07 Å². The Morgan fingerprint density at radius 1 is 1.56 bits per heavy atom. The van der Waals surface area contributed by atoms with Crippen LogP contribution in [0.3, 0.4) is 0 Å². The maximum absolute atomic E-state index is 11.4. The van der Waals surface area contributed by atoms with E-state index in [-0.39, 0.29) is 11.8 Å². The summed E-state index contributed by atoms with van der Waals surface area (Å²) < 4.78 is 0. The van der Waals surface area contributed by atoms with Crippen LogP contribution in [0.25, 0.3) is 0 Å². The van der Waals surface area contributed by atoms with Crippen LogP contribution in [0.15, 0.2) is 18.2 Å². The molecule has 0 saturated carbocycles. The van der Waals surface area contributed by atoms with Crippen LogP contribution >= 0.6 is 0 Å². The Kier molecular flexibility index (Phi) is 2.62. The molecule has 1 heterocycles. The molecule has 1 aromatic carbocycles. The van der Waals surface area contributed by atoms with Gasteiger partial charge >= 0.3 is 0 Å². The molecule has 16 heavy (non-hydrogen) atoms. The van der Waals surface area contributed by atoms with Crippen LogP contribution < -0.4 is 16.4 Å². The number of fused-ring (bicyclic) bond motifs is 1. The number of nitrogens with one attached hydrogen (secondary N) is 2. The molecular weight excluding hydrogens is 206 g/mol. The molecule has 2 amide bonds. The molecule has 0 fully saturated rings. The largest absolute Gasteiger partial charge is 0.348 e. The number of nitrogens with two attached hydrogens (primary N) is 1. The first-order valence-corrected chi connectivity index (χ1v) is 5.05. The van der Waals surface area contributed by atoms with Gasteiger partial charge in [-0.25, -0.2) is 0 Å². The minimum Gasteiger partial charge on any atom is -0.348 e. The number of hydrogen-bond donors (Lipinski definition) is 3. The van der Waals surface area contributed by atoms with Crippen molar-refractivity contribution < 1.29 is 9.59 Å². The predicted octanol–water partition coefficient (Wildman–Crippen LogP) is 0.216. The van der Waals surface area contributed by atoms with Crippen LogP contribution in [0.1, 0.15) is 22.8 Å². The molecule has 1 aliphatic heterocycles. The third kappa shape index (κ3) is 1.90. The van der Waals surface area contributed by atoms with Crippen molar-refractivity contribution in [2.24, 2.45) is 5.73 Å². The van der Waals surface area contributed by atoms with Crippen LogP contribution in [0.5, 0.6) is 0 Å². The first-order chi connectivity index (χ1) is 7.58. The van der Waals surface area contributed by atoms with E-state index >= 15 is 0 Å². The zero-order chi connectivity index (χ0) is 11.7. The summed E-state index contributed by atoms with van der Waals surface area (Å²) in [6.45, 7) is 2.16. The fourth-order valence-electron chi connectivity index (χ4n) is 1.55. The Morgan fingerprint density at radius 2 is 2.31 bits per heavy atom. The quantitative estimate of drug-likeness (QED) is 0.665. The third-order valence-corrected chi connectivity index (χ3v) is 2.47. The molecule has 0 spiro atoms. The number of carbonyl (C=O) groups is 2. The van der Waals surface area contributed by atoms with Crippen LogP contribution in [0.2, 0.25) is 0 Å². The SMILES string of the molecule is CC(N)C(=O)Nc1ccc2c(c1)C(=O)NC2. The van der Waals surface area contributed by atoms with Crippen molar-refractivity contribution >= 4 is 17.5 Å². The summed E-state index contributed by atoms with van der Waals surface area (Å²) in [4.78, 5) is 22.7. The lowest BCUT2D eigenvalue weighted by molar-refractivity contribution is -0.117. The van der Waals surface area contributed by atoms with Gasteiger partial charge in [0.15, 0.2) is 0 Å². The highest BCUT2D eigenvalue weighted by Gasteiger charge is 2.19. The molecule has 1 aromatic rings. The zero-order valence-electron chi connectivity index (χ0n) is 8.91. The van der Waals surface area contributed by atoms with Gasteiger partial charge in [-0.1, -0.05) is 6.07 Å². The topological polar surface area (TPSA) is 84.2 Å². The fourth-order valence-corrected chi connectivity index (χ4v) is 1.55. The molecule has 84 valence electrons.